The van der Waals surface area contributed by atoms with Crippen molar-refractivity contribution in [1.29, 1.82) is 0 Å². The highest BCUT2D eigenvalue weighted by Crippen LogP contribution is 2.50. The number of hydrogen-bond donors (Lipinski definition) is 1. The molecule has 7 nitrogen and oxygen atoms in total. The van der Waals surface area contributed by atoms with Gasteiger partial charge in [0.25, 0.3) is 0 Å². The van der Waals surface area contributed by atoms with Crippen LogP contribution in [0.4, 0.5) is 14.5 Å². The van der Waals surface area contributed by atoms with Crippen LogP contribution in [0, 0.1) is 22.5 Å². The number of aliphatic carboxylic acids is 1. The average molecular weight is 724 g/mol. The van der Waals surface area contributed by atoms with Crippen LogP contribution in [0.3, 0.4) is 0 Å². The molecule has 10 heteroatoms. The molecule has 2 aliphatic heterocycles. The maximum absolute atomic E-state index is 16.0. The zero-order valence-corrected chi connectivity index (χ0v) is 31.4. The van der Waals surface area contributed by atoms with Crippen molar-refractivity contribution in [3.63, 3.8) is 0 Å². The number of ether oxygens (including phenoxy) is 2. The Kier molecular flexibility index (Phi) is 11.0. The minimum Gasteiger partial charge on any atom is -0.490 e. The van der Waals surface area contributed by atoms with E-state index < -0.39 is 23.5 Å². The molecule has 6 rings (SSSR count). The molecular weight excluding hydrogens is 672 g/mol. The standard InChI is InChI=1S/C41H52ClF2N3O4/c1-39(2,3)51-36(38(48)49)34-35(47-22-16-40(4,5)17-23-47)33(31(45-37(34)42)26-46-20-18-41(19-21-46)14-6-15-41)28-9-12-32(30(44)25-28)50-24-13-27-7-10-29(43)11-8-27/h7-12,25,36H,6,13-24,26H2,1-5H3,(H,48,49)/t36-/m0/s1. The fourth-order valence-electron chi connectivity index (χ4n) is 7.78. The van der Waals surface area contributed by atoms with E-state index in [0.29, 0.717) is 59.5 Å². The minimum atomic E-state index is -1.39. The predicted molar refractivity (Wildman–Crippen MR) is 197 cm³/mol. The Hall–Kier alpha value is -3.27. The van der Waals surface area contributed by atoms with Crippen LogP contribution < -0.4 is 9.64 Å². The number of anilines is 1. The van der Waals surface area contributed by atoms with E-state index >= 15 is 4.39 Å². The number of rotatable bonds is 11. The highest BCUT2D eigenvalue weighted by molar-refractivity contribution is 6.31. The number of aromatic nitrogens is 1. The third kappa shape index (κ3) is 8.86. The summed E-state index contributed by atoms with van der Waals surface area (Å²) in [6, 6.07) is 11.1. The molecule has 1 aliphatic carbocycles. The van der Waals surface area contributed by atoms with Gasteiger partial charge in [0.15, 0.2) is 17.7 Å². The number of carboxylic acid groups (broad SMARTS) is 1. The maximum Gasteiger partial charge on any atom is 0.337 e. The molecule has 1 atom stereocenters. The van der Waals surface area contributed by atoms with Crippen LogP contribution >= 0.6 is 11.6 Å². The van der Waals surface area contributed by atoms with Gasteiger partial charge in [0.1, 0.15) is 11.0 Å². The van der Waals surface area contributed by atoms with Gasteiger partial charge in [0, 0.05) is 31.6 Å². The van der Waals surface area contributed by atoms with Crippen molar-refractivity contribution in [2.75, 3.05) is 37.7 Å². The van der Waals surface area contributed by atoms with E-state index in [4.69, 9.17) is 26.1 Å². The Morgan fingerprint density at radius 2 is 1.65 bits per heavy atom. The molecule has 0 radical (unpaired) electrons. The summed E-state index contributed by atoms with van der Waals surface area (Å²) in [7, 11) is 0. The summed E-state index contributed by atoms with van der Waals surface area (Å²) in [5, 5.41) is 10.7. The zero-order chi connectivity index (χ0) is 36.6. The largest absolute Gasteiger partial charge is 0.490 e. The number of hydrogen-bond acceptors (Lipinski definition) is 6. The van der Waals surface area contributed by atoms with E-state index in [-0.39, 0.29) is 28.7 Å². The first-order valence-electron chi connectivity index (χ1n) is 18.4. The topological polar surface area (TPSA) is 75.1 Å². The molecule has 1 saturated carbocycles. The molecule has 1 spiro atoms. The lowest BCUT2D eigenvalue weighted by molar-refractivity contribution is -0.160. The Balaban J connectivity index is 1.43. The average Bonchev–Trinajstić information content (AvgIpc) is 3.04. The lowest BCUT2D eigenvalue weighted by Crippen LogP contribution is -2.43. The molecule has 1 N–H and O–H groups in total. The van der Waals surface area contributed by atoms with E-state index in [1.54, 1.807) is 18.2 Å². The summed E-state index contributed by atoms with van der Waals surface area (Å²) < 4.78 is 41.5. The molecular formula is C41H52ClF2N3O4. The number of halogens is 3. The zero-order valence-electron chi connectivity index (χ0n) is 30.7. The number of likely N-dealkylation sites (tertiary alicyclic amines) is 1. The monoisotopic (exact) mass is 723 g/mol. The van der Waals surface area contributed by atoms with Gasteiger partial charge in [0.2, 0.25) is 0 Å². The van der Waals surface area contributed by atoms with Crippen LogP contribution in [-0.2, 0) is 22.5 Å². The van der Waals surface area contributed by atoms with E-state index in [1.807, 2.05) is 26.8 Å². The fourth-order valence-corrected chi connectivity index (χ4v) is 8.07. The number of carboxylic acids is 1. The Bertz CT molecular complexity index is 1700. The van der Waals surface area contributed by atoms with Crippen molar-refractivity contribution < 1.29 is 28.2 Å². The molecule has 3 aromatic rings. The van der Waals surface area contributed by atoms with Gasteiger partial charge in [-0.05, 0) is 119 Å². The molecule has 0 amide bonds. The molecule has 3 heterocycles. The van der Waals surface area contributed by atoms with Gasteiger partial charge in [0.05, 0.1) is 29.2 Å². The van der Waals surface area contributed by atoms with Gasteiger partial charge in [-0.3, -0.25) is 4.90 Å². The fraction of sp³-hybridized carbons (Fsp3) is 0.561. The molecule has 2 saturated heterocycles. The second kappa shape index (κ2) is 15.0. The Morgan fingerprint density at radius 3 is 2.22 bits per heavy atom. The van der Waals surface area contributed by atoms with Gasteiger partial charge in [-0.25, -0.2) is 18.6 Å². The van der Waals surface area contributed by atoms with Gasteiger partial charge >= 0.3 is 5.97 Å². The lowest BCUT2D eigenvalue weighted by atomic mass is 9.63. The van der Waals surface area contributed by atoms with Gasteiger partial charge < -0.3 is 19.5 Å². The van der Waals surface area contributed by atoms with Crippen molar-refractivity contribution in [2.24, 2.45) is 10.8 Å². The molecule has 0 bridgehead atoms. The number of nitrogens with zero attached hydrogens (tertiary/aromatic N) is 3. The first kappa shape index (κ1) is 37.5. The van der Waals surface area contributed by atoms with Crippen molar-refractivity contribution >= 4 is 23.3 Å². The maximum atomic E-state index is 16.0. The number of benzene rings is 2. The minimum absolute atomic E-state index is 0.0962. The Morgan fingerprint density at radius 1 is 0.980 bits per heavy atom. The third-order valence-electron chi connectivity index (χ3n) is 11.1. The number of carbonyl (C=O) groups is 1. The van der Waals surface area contributed by atoms with E-state index in [0.717, 1.165) is 44.3 Å². The molecule has 276 valence electrons. The summed E-state index contributed by atoms with van der Waals surface area (Å²) in [4.78, 5) is 22.6. The van der Waals surface area contributed by atoms with Gasteiger partial charge in [-0.1, -0.05) is 50.1 Å². The quantitative estimate of drug-likeness (QED) is 0.198. The van der Waals surface area contributed by atoms with Crippen molar-refractivity contribution in [1.82, 2.24) is 9.88 Å². The number of pyridine rings is 1. The van der Waals surface area contributed by atoms with Crippen LogP contribution in [0.1, 0.15) is 102 Å². The third-order valence-corrected chi connectivity index (χ3v) is 11.4. The van der Waals surface area contributed by atoms with Crippen LogP contribution in [0.2, 0.25) is 5.15 Å². The molecule has 3 aliphatic rings. The Labute approximate surface area is 306 Å². The van der Waals surface area contributed by atoms with Crippen LogP contribution in [-0.4, -0.2) is 59.3 Å². The summed E-state index contributed by atoms with van der Waals surface area (Å²) in [5.74, 6) is -1.91. The molecule has 2 aromatic carbocycles. The molecule has 51 heavy (non-hydrogen) atoms. The molecule has 1 aromatic heterocycles. The normalized spacial score (nSPS) is 19.5. The van der Waals surface area contributed by atoms with Crippen molar-refractivity contribution in [2.45, 2.75) is 104 Å². The second-order valence-electron chi connectivity index (χ2n) is 16.6. The van der Waals surface area contributed by atoms with E-state index in [9.17, 15) is 14.3 Å². The van der Waals surface area contributed by atoms with Crippen LogP contribution in [0.25, 0.3) is 11.1 Å². The van der Waals surface area contributed by atoms with Crippen LogP contribution in [0.15, 0.2) is 42.5 Å². The summed E-state index contributed by atoms with van der Waals surface area (Å²) in [6.07, 6.45) is 7.05. The smallest absolute Gasteiger partial charge is 0.337 e. The summed E-state index contributed by atoms with van der Waals surface area (Å²) in [6.45, 7) is 13.9. The highest BCUT2D eigenvalue weighted by Gasteiger charge is 2.41. The van der Waals surface area contributed by atoms with Crippen molar-refractivity contribution in [3.05, 3.63) is 76.1 Å². The summed E-state index contributed by atoms with van der Waals surface area (Å²) >= 11 is 7.09. The molecule has 3 fully saturated rings. The number of piperidine rings is 2. The molecule has 0 unspecified atom stereocenters. The lowest BCUT2D eigenvalue weighted by Gasteiger charge is -2.48. The SMILES string of the molecule is CC1(C)CCN(c2c(-c3ccc(OCCc4ccc(F)cc4)c(F)c3)c(CN3CCC4(CCC4)CC3)nc(Cl)c2[C@H](OC(C)(C)C)C(=O)O)CC1. The summed E-state index contributed by atoms with van der Waals surface area (Å²) in [5.41, 5.74) is 3.57. The highest BCUT2D eigenvalue weighted by atomic mass is 35.5. The van der Waals surface area contributed by atoms with Crippen molar-refractivity contribution in [3.8, 4) is 16.9 Å². The first-order valence-corrected chi connectivity index (χ1v) is 18.8. The van der Waals surface area contributed by atoms with Crippen LogP contribution in [0.5, 0.6) is 5.75 Å². The van der Waals surface area contributed by atoms with Gasteiger partial charge in [-0.2, -0.15) is 0 Å². The first-order chi connectivity index (χ1) is 24.1. The van der Waals surface area contributed by atoms with E-state index in [2.05, 4.69) is 23.6 Å². The second-order valence-corrected chi connectivity index (χ2v) is 16.9. The van der Waals surface area contributed by atoms with E-state index in [1.165, 1.54) is 37.5 Å². The predicted octanol–water partition coefficient (Wildman–Crippen LogP) is 9.63. The van der Waals surface area contributed by atoms with Gasteiger partial charge in [-0.15, -0.1) is 0 Å².